The average Bonchev–Trinajstić information content (AvgIpc) is 2.90. The monoisotopic (exact) mass is 313 g/mol. The minimum atomic E-state index is -3.51. The second kappa shape index (κ2) is 6.39. The van der Waals surface area contributed by atoms with Gasteiger partial charge < -0.3 is 13.8 Å². The summed E-state index contributed by atoms with van der Waals surface area (Å²) in [5.41, 5.74) is 0.794. The SMILES string of the molecule is COP(=O)(CC(=O)N1C[C@H](c2ccccc2)OC1=O)OC. The lowest BCUT2D eigenvalue weighted by Crippen LogP contribution is -2.34. The van der Waals surface area contributed by atoms with E-state index in [-0.39, 0.29) is 6.54 Å². The summed E-state index contributed by atoms with van der Waals surface area (Å²) in [5.74, 6) is -0.648. The number of imide groups is 1. The fourth-order valence-electron chi connectivity index (χ4n) is 1.96. The second-order valence-corrected chi connectivity index (χ2v) is 6.69. The zero-order chi connectivity index (χ0) is 15.5. The van der Waals surface area contributed by atoms with Crippen LogP contribution in [0.3, 0.4) is 0 Å². The summed E-state index contributed by atoms with van der Waals surface area (Å²) in [4.78, 5) is 24.8. The molecule has 0 unspecified atom stereocenters. The molecule has 0 aliphatic carbocycles. The first-order valence-electron chi connectivity index (χ1n) is 6.25. The summed E-state index contributed by atoms with van der Waals surface area (Å²) in [6.45, 7) is 0.0785. The number of cyclic esters (lactones) is 1. The maximum Gasteiger partial charge on any atom is 0.417 e. The number of carbonyl (C=O) groups is 2. The van der Waals surface area contributed by atoms with Crippen LogP contribution in [-0.2, 0) is 23.1 Å². The van der Waals surface area contributed by atoms with Crippen molar-refractivity contribution in [3.63, 3.8) is 0 Å². The van der Waals surface area contributed by atoms with Crippen LogP contribution >= 0.6 is 7.60 Å². The molecule has 0 aromatic heterocycles. The normalized spacial score (nSPS) is 18.7. The molecule has 1 atom stereocenters. The van der Waals surface area contributed by atoms with Crippen molar-refractivity contribution in [3.8, 4) is 0 Å². The van der Waals surface area contributed by atoms with E-state index in [0.717, 1.165) is 10.5 Å². The molecule has 1 fully saturated rings. The number of hydrogen-bond acceptors (Lipinski definition) is 6. The summed E-state index contributed by atoms with van der Waals surface area (Å²) in [5, 5.41) is 0. The molecule has 0 bridgehead atoms. The highest BCUT2D eigenvalue weighted by atomic mass is 31.2. The van der Waals surface area contributed by atoms with E-state index in [9.17, 15) is 14.2 Å². The first-order valence-corrected chi connectivity index (χ1v) is 7.98. The Balaban J connectivity index is 2.07. The van der Waals surface area contributed by atoms with Gasteiger partial charge >= 0.3 is 13.7 Å². The van der Waals surface area contributed by atoms with Crippen LogP contribution < -0.4 is 0 Å². The topological polar surface area (TPSA) is 82.1 Å². The Morgan fingerprint density at radius 2 is 1.95 bits per heavy atom. The zero-order valence-corrected chi connectivity index (χ0v) is 12.6. The van der Waals surface area contributed by atoms with Crippen molar-refractivity contribution < 1.29 is 27.9 Å². The van der Waals surface area contributed by atoms with Gasteiger partial charge in [-0.1, -0.05) is 30.3 Å². The van der Waals surface area contributed by atoms with Crippen LogP contribution in [0.4, 0.5) is 4.79 Å². The van der Waals surface area contributed by atoms with Gasteiger partial charge in [-0.25, -0.2) is 9.69 Å². The first-order chi connectivity index (χ1) is 9.99. The molecule has 0 N–H and O–H groups in total. The Kier molecular flexibility index (Phi) is 4.77. The van der Waals surface area contributed by atoms with Crippen LogP contribution in [0.1, 0.15) is 11.7 Å². The molecule has 1 heterocycles. The van der Waals surface area contributed by atoms with Gasteiger partial charge in [0.2, 0.25) is 5.91 Å². The molecule has 1 aliphatic rings. The van der Waals surface area contributed by atoms with Gasteiger partial charge in [0.1, 0.15) is 12.3 Å². The second-order valence-electron chi connectivity index (χ2n) is 4.42. The smallest absolute Gasteiger partial charge is 0.417 e. The van der Waals surface area contributed by atoms with Gasteiger partial charge in [0.05, 0.1) is 6.54 Å². The van der Waals surface area contributed by atoms with E-state index in [1.807, 2.05) is 18.2 Å². The van der Waals surface area contributed by atoms with E-state index < -0.39 is 31.9 Å². The third kappa shape index (κ3) is 3.50. The lowest BCUT2D eigenvalue weighted by molar-refractivity contribution is -0.125. The highest BCUT2D eigenvalue weighted by Gasteiger charge is 2.39. The van der Waals surface area contributed by atoms with E-state index in [1.54, 1.807) is 12.1 Å². The van der Waals surface area contributed by atoms with Crippen molar-refractivity contribution in [2.75, 3.05) is 26.9 Å². The number of nitrogens with zero attached hydrogens (tertiary/aromatic N) is 1. The maximum absolute atomic E-state index is 12.1. The maximum atomic E-state index is 12.1. The number of amides is 2. The van der Waals surface area contributed by atoms with Crippen molar-refractivity contribution in [3.05, 3.63) is 35.9 Å². The van der Waals surface area contributed by atoms with Crippen molar-refractivity contribution in [1.82, 2.24) is 4.90 Å². The van der Waals surface area contributed by atoms with Crippen molar-refractivity contribution in [2.45, 2.75) is 6.10 Å². The Morgan fingerprint density at radius 3 is 2.52 bits per heavy atom. The number of ether oxygens (including phenoxy) is 1. The molecule has 21 heavy (non-hydrogen) atoms. The Hall–Kier alpha value is -1.69. The summed E-state index contributed by atoms with van der Waals surface area (Å²) >= 11 is 0. The van der Waals surface area contributed by atoms with E-state index >= 15 is 0 Å². The molecular weight excluding hydrogens is 297 g/mol. The molecule has 1 saturated heterocycles. The van der Waals surface area contributed by atoms with Crippen molar-refractivity contribution >= 4 is 19.6 Å². The number of hydrogen-bond donors (Lipinski definition) is 0. The molecule has 1 aromatic carbocycles. The molecule has 0 spiro atoms. The minimum absolute atomic E-state index is 0.0785. The molecule has 2 rings (SSSR count). The van der Waals surface area contributed by atoms with E-state index in [1.165, 1.54) is 14.2 Å². The van der Waals surface area contributed by atoms with Gasteiger partial charge in [0.25, 0.3) is 0 Å². The Labute approximate surface area is 122 Å². The summed E-state index contributed by atoms with van der Waals surface area (Å²) < 4.78 is 26.5. The zero-order valence-electron chi connectivity index (χ0n) is 11.7. The predicted molar refractivity (Wildman–Crippen MR) is 73.9 cm³/mol. The van der Waals surface area contributed by atoms with Crippen LogP contribution in [0.5, 0.6) is 0 Å². The van der Waals surface area contributed by atoms with E-state index in [2.05, 4.69) is 0 Å². The molecule has 7 nitrogen and oxygen atoms in total. The third-order valence-electron chi connectivity index (χ3n) is 3.17. The number of carbonyl (C=O) groups excluding carboxylic acids is 2. The van der Waals surface area contributed by atoms with Crippen molar-refractivity contribution in [2.24, 2.45) is 0 Å². The largest absolute Gasteiger partial charge is 0.439 e. The highest BCUT2D eigenvalue weighted by molar-refractivity contribution is 7.54. The third-order valence-corrected chi connectivity index (χ3v) is 4.94. The lowest BCUT2D eigenvalue weighted by atomic mass is 10.1. The first kappa shape index (κ1) is 15.7. The Bertz CT molecular complexity index is 567. The number of benzene rings is 1. The van der Waals surface area contributed by atoms with Crippen LogP contribution in [0.25, 0.3) is 0 Å². The van der Waals surface area contributed by atoms with E-state index in [4.69, 9.17) is 13.8 Å². The summed E-state index contributed by atoms with van der Waals surface area (Å²) in [6.07, 6.45) is -1.78. The van der Waals surface area contributed by atoms with Gasteiger partial charge in [-0.15, -0.1) is 0 Å². The van der Waals surface area contributed by atoms with Gasteiger partial charge in [-0.05, 0) is 5.56 Å². The molecule has 1 aromatic rings. The van der Waals surface area contributed by atoms with Crippen molar-refractivity contribution in [1.29, 1.82) is 0 Å². The van der Waals surface area contributed by atoms with Gasteiger partial charge in [-0.2, -0.15) is 0 Å². The van der Waals surface area contributed by atoms with Crippen LogP contribution in [0, 0.1) is 0 Å². The van der Waals surface area contributed by atoms with Crippen LogP contribution in [0.15, 0.2) is 30.3 Å². The van der Waals surface area contributed by atoms with E-state index in [0.29, 0.717) is 0 Å². The fourth-order valence-corrected chi connectivity index (χ4v) is 2.87. The Morgan fingerprint density at radius 1 is 1.33 bits per heavy atom. The van der Waals surface area contributed by atoms with Gasteiger partial charge in [0, 0.05) is 14.2 Å². The van der Waals surface area contributed by atoms with Gasteiger partial charge in [0.15, 0.2) is 0 Å². The van der Waals surface area contributed by atoms with Crippen LogP contribution in [-0.4, -0.2) is 43.8 Å². The fraction of sp³-hybridized carbons (Fsp3) is 0.385. The molecule has 0 radical (unpaired) electrons. The number of rotatable bonds is 5. The molecule has 8 heteroatoms. The summed E-state index contributed by atoms with van der Waals surface area (Å²) in [6, 6.07) is 9.09. The van der Waals surface area contributed by atoms with Crippen LogP contribution in [0.2, 0.25) is 0 Å². The lowest BCUT2D eigenvalue weighted by Gasteiger charge is -2.16. The molecular formula is C13H16NO6P. The van der Waals surface area contributed by atoms with Gasteiger partial charge in [-0.3, -0.25) is 9.36 Å². The standard InChI is InChI=1S/C13H16NO6P/c1-18-21(17,19-2)9-12(15)14-8-11(20-13(14)16)10-6-4-3-5-7-10/h3-7,11H,8-9H2,1-2H3/t11-/m1/s1. The molecule has 2 amide bonds. The average molecular weight is 313 g/mol. The molecule has 114 valence electrons. The molecule has 1 aliphatic heterocycles. The minimum Gasteiger partial charge on any atom is -0.439 e. The predicted octanol–water partition coefficient (Wildman–Crippen LogP) is 2.19. The quantitative estimate of drug-likeness (QED) is 0.775. The molecule has 0 saturated carbocycles. The highest BCUT2D eigenvalue weighted by Crippen LogP contribution is 2.46. The summed E-state index contributed by atoms with van der Waals surface area (Å²) in [7, 11) is -1.13.